The highest BCUT2D eigenvalue weighted by Gasteiger charge is 2.13. The molecule has 0 unspecified atom stereocenters. The molecule has 0 aliphatic heterocycles. The number of aryl methyl sites for hydroxylation is 1. The predicted octanol–water partition coefficient (Wildman–Crippen LogP) is 5.78. The highest BCUT2D eigenvalue weighted by Crippen LogP contribution is 2.29. The standard InChI is InChI=1S/C27H18N2O3/c1-15-9-11-16(12-10-15)32-24-8-4-6-18-25(24)29-23-14-19-22(13-20(23)27(18)31)28-21-7-3-2-5-17(21)26(19)30/h2-14H,1H3,(H,28,30)(H,29,31). The van der Waals surface area contributed by atoms with Crippen LogP contribution in [0.5, 0.6) is 11.5 Å². The molecule has 0 atom stereocenters. The zero-order chi connectivity index (χ0) is 21.8. The summed E-state index contributed by atoms with van der Waals surface area (Å²) in [5.74, 6) is 1.24. The molecule has 32 heavy (non-hydrogen) atoms. The Hall–Kier alpha value is -4.38. The van der Waals surface area contributed by atoms with Crippen molar-refractivity contribution >= 4 is 43.6 Å². The van der Waals surface area contributed by atoms with Gasteiger partial charge in [-0.05, 0) is 55.5 Å². The number of ether oxygens (including phenoxy) is 1. The number of aromatic nitrogens is 2. The van der Waals surface area contributed by atoms with Crippen LogP contribution in [0.25, 0.3) is 43.6 Å². The van der Waals surface area contributed by atoms with Crippen molar-refractivity contribution in [2.45, 2.75) is 6.92 Å². The first-order valence-electron chi connectivity index (χ1n) is 10.4. The Morgan fingerprint density at radius 2 is 1.28 bits per heavy atom. The second-order valence-corrected chi connectivity index (χ2v) is 7.99. The minimum absolute atomic E-state index is 0.0682. The lowest BCUT2D eigenvalue weighted by Gasteiger charge is -2.11. The van der Waals surface area contributed by atoms with Crippen LogP contribution in [0.2, 0.25) is 0 Å². The number of aromatic amines is 2. The van der Waals surface area contributed by atoms with Crippen molar-refractivity contribution in [1.82, 2.24) is 9.97 Å². The molecule has 0 fully saturated rings. The Morgan fingerprint density at radius 3 is 2.06 bits per heavy atom. The van der Waals surface area contributed by atoms with Gasteiger partial charge in [-0.25, -0.2) is 0 Å². The van der Waals surface area contributed by atoms with Gasteiger partial charge in [0.15, 0.2) is 16.6 Å². The molecule has 0 saturated carbocycles. The third kappa shape index (κ3) is 2.79. The number of hydrogen-bond donors (Lipinski definition) is 2. The number of para-hydroxylation sites is 2. The summed E-state index contributed by atoms with van der Waals surface area (Å²) in [5.41, 5.74) is 3.53. The van der Waals surface area contributed by atoms with Crippen LogP contribution in [0.4, 0.5) is 0 Å². The smallest absolute Gasteiger partial charge is 0.197 e. The minimum Gasteiger partial charge on any atom is -0.455 e. The van der Waals surface area contributed by atoms with Gasteiger partial charge in [-0.3, -0.25) is 9.59 Å². The third-order valence-corrected chi connectivity index (χ3v) is 5.87. The van der Waals surface area contributed by atoms with Crippen LogP contribution in [0.1, 0.15) is 5.56 Å². The summed E-state index contributed by atoms with van der Waals surface area (Å²) in [6.45, 7) is 2.01. The molecule has 5 nitrogen and oxygen atoms in total. The Labute approximate surface area is 181 Å². The fraction of sp³-hybridized carbons (Fsp3) is 0.0370. The molecule has 0 aliphatic carbocycles. The lowest BCUT2D eigenvalue weighted by atomic mass is 10.1. The van der Waals surface area contributed by atoms with E-state index < -0.39 is 0 Å². The van der Waals surface area contributed by atoms with Gasteiger partial charge in [0.2, 0.25) is 0 Å². The maximum Gasteiger partial charge on any atom is 0.197 e. The number of benzene rings is 4. The molecule has 2 heterocycles. The monoisotopic (exact) mass is 418 g/mol. The summed E-state index contributed by atoms with van der Waals surface area (Å²) in [5, 5.41) is 2.20. The van der Waals surface area contributed by atoms with E-state index in [9.17, 15) is 9.59 Å². The van der Waals surface area contributed by atoms with Crippen molar-refractivity contribution < 1.29 is 4.74 Å². The van der Waals surface area contributed by atoms with Crippen LogP contribution < -0.4 is 15.6 Å². The first-order valence-corrected chi connectivity index (χ1v) is 10.4. The summed E-state index contributed by atoms with van der Waals surface area (Å²) in [4.78, 5) is 33.1. The van der Waals surface area contributed by atoms with E-state index in [1.54, 1.807) is 24.3 Å². The molecule has 0 saturated heterocycles. The molecule has 0 radical (unpaired) electrons. The van der Waals surface area contributed by atoms with E-state index in [4.69, 9.17) is 4.74 Å². The average Bonchev–Trinajstić information content (AvgIpc) is 2.81. The molecule has 6 aromatic rings. The van der Waals surface area contributed by atoms with Crippen molar-refractivity contribution in [3.05, 3.63) is 105 Å². The minimum atomic E-state index is -0.112. The highest BCUT2D eigenvalue weighted by molar-refractivity contribution is 6.03. The van der Waals surface area contributed by atoms with Gasteiger partial charge >= 0.3 is 0 Å². The zero-order valence-corrected chi connectivity index (χ0v) is 17.2. The number of rotatable bonds is 2. The zero-order valence-electron chi connectivity index (χ0n) is 17.2. The van der Waals surface area contributed by atoms with Crippen molar-refractivity contribution in [2.75, 3.05) is 0 Å². The summed E-state index contributed by atoms with van der Waals surface area (Å²) < 4.78 is 6.08. The van der Waals surface area contributed by atoms with Crippen molar-refractivity contribution in [2.24, 2.45) is 0 Å². The van der Waals surface area contributed by atoms with Gasteiger partial charge in [-0.2, -0.15) is 0 Å². The van der Waals surface area contributed by atoms with E-state index in [2.05, 4.69) is 9.97 Å². The second kappa shape index (κ2) is 6.82. The molecule has 2 aromatic heterocycles. The van der Waals surface area contributed by atoms with Crippen molar-refractivity contribution in [3.8, 4) is 11.5 Å². The van der Waals surface area contributed by atoms with Gasteiger partial charge in [0.25, 0.3) is 0 Å². The molecule has 4 aromatic carbocycles. The number of H-pyrrole nitrogens is 2. The number of hydrogen-bond acceptors (Lipinski definition) is 3. The van der Waals surface area contributed by atoms with Gasteiger partial charge in [0.05, 0.1) is 16.6 Å². The van der Waals surface area contributed by atoms with E-state index in [0.717, 1.165) is 11.1 Å². The summed E-state index contributed by atoms with van der Waals surface area (Å²) in [6.07, 6.45) is 0. The van der Waals surface area contributed by atoms with E-state index in [-0.39, 0.29) is 10.9 Å². The molecule has 0 spiro atoms. The highest BCUT2D eigenvalue weighted by atomic mass is 16.5. The fourth-order valence-electron chi connectivity index (χ4n) is 4.21. The van der Waals surface area contributed by atoms with E-state index >= 15 is 0 Å². The number of pyridine rings is 2. The summed E-state index contributed by atoms with van der Waals surface area (Å²) >= 11 is 0. The topological polar surface area (TPSA) is 75.0 Å². The maximum atomic E-state index is 13.4. The molecule has 5 heteroatoms. The van der Waals surface area contributed by atoms with Crippen LogP contribution in [-0.4, -0.2) is 9.97 Å². The second-order valence-electron chi connectivity index (χ2n) is 7.99. The maximum absolute atomic E-state index is 13.4. The van der Waals surface area contributed by atoms with E-state index in [1.165, 1.54) is 0 Å². The van der Waals surface area contributed by atoms with Crippen LogP contribution >= 0.6 is 0 Å². The molecule has 0 amide bonds. The van der Waals surface area contributed by atoms with Gasteiger partial charge in [-0.1, -0.05) is 35.9 Å². The molecular formula is C27H18N2O3. The van der Waals surface area contributed by atoms with Crippen LogP contribution in [0.15, 0.2) is 88.5 Å². The SMILES string of the molecule is Cc1ccc(Oc2cccc3c(=O)c4cc5[nH]c6ccccc6c(=O)c5cc4[nH]c23)cc1. The first-order chi connectivity index (χ1) is 15.6. The molecule has 6 rings (SSSR count). The Kier molecular flexibility index (Phi) is 3.92. The third-order valence-electron chi connectivity index (χ3n) is 5.87. The summed E-state index contributed by atoms with van der Waals surface area (Å²) in [6, 6.07) is 24.0. The molecule has 0 aliphatic rings. The lowest BCUT2D eigenvalue weighted by Crippen LogP contribution is -2.08. The fourth-order valence-corrected chi connectivity index (χ4v) is 4.21. The van der Waals surface area contributed by atoms with Gasteiger partial charge in [-0.15, -0.1) is 0 Å². The van der Waals surface area contributed by atoms with E-state index in [0.29, 0.717) is 49.6 Å². The van der Waals surface area contributed by atoms with E-state index in [1.807, 2.05) is 61.5 Å². The Morgan fingerprint density at radius 1 is 0.625 bits per heavy atom. The largest absolute Gasteiger partial charge is 0.455 e. The molecule has 0 bridgehead atoms. The lowest BCUT2D eigenvalue weighted by molar-refractivity contribution is 0.487. The number of fused-ring (bicyclic) bond motifs is 4. The van der Waals surface area contributed by atoms with Crippen LogP contribution in [-0.2, 0) is 0 Å². The van der Waals surface area contributed by atoms with Gasteiger partial charge in [0.1, 0.15) is 5.75 Å². The quantitative estimate of drug-likeness (QED) is 0.350. The molecule has 154 valence electrons. The molecular weight excluding hydrogens is 400 g/mol. The average molecular weight is 418 g/mol. The Bertz CT molecular complexity index is 1800. The number of nitrogens with one attached hydrogen (secondary N) is 2. The van der Waals surface area contributed by atoms with Crippen molar-refractivity contribution in [1.29, 1.82) is 0 Å². The normalized spacial score (nSPS) is 11.5. The Balaban J connectivity index is 1.64. The predicted molar refractivity (Wildman–Crippen MR) is 129 cm³/mol. The van der Waals surface area contributed by atoms with Crippen molar-refractivity contribution in [3.63, 3.8) is 0 Å². The molecule has 2 N–H and O–H groups in total. The van der Waals surface area contributed by atoms with Crippen LogP contribution in [0.3, 0.4) is 0 Å². The van der Waals surface area contributed by atoms with Gasteiger partial charge in [0, 0.05) is 27.1 Å². The van der Waals surface area contributed by atoms with Gasteiger partial charge < -0.3 is 14.7 Å². The summed E-state index contributed by atoms with van der Waals surface area (Å²) in [7, 11) is 0. The first kappa shape index (κ1) is 18.4. The van der Waals surface area contributed by atoms with Crippen LogP contribution in [0, 0.1) is 6.92 Å².